The van der Waals surface area contributed by atoms with E-state index in [4.69, 9.17) is 13.8 Å². The SMILES string of the molecule is CCOC(=O)C(CC(C)c1ccccc1)P(=O)(OCC)OCC. The second kappa shape index (κ2) is 9.86. The molecule has 0 N–H and O–H groups in total. The van der Waals surface area contributed by atoms with Crippen molar-refractivity contribution in [1.29, 1.82) is 0 Å². The van der Waals surface area contributed by atoms with Gasteiger partial charge >= 0.3 is 13.6 Å². The first-order chi connectivity index (χ1) is 11.0. The van der Waals surface area contributed by atoms with Gasteiger partial charge in [0, 0.05) is 0 Å². The summed E-state index contributed by atoms with van der Waals surface area (Å²) >= 11 is 0. The Morgan fingerprint density at radius 3 is 2.09 bits per heavy atom. The number of rotatable bonds is 10. The quantitative estimate of drug-likeness (QED) is 0.466. The van der Waals surface area contributed by atoms with E-state index in [2.05, 4.69) is 0 Å². The van der Waals surface area contributed by atoms with Crippen LogP contribution in [0.25, 0.3) is 0 Å². The lowest BCUT2D eigenvalue weighted by atomic mass is 9.96. The number of ether oxygens (including phenoxy) is 1. The van der Waals surface area contributed by atoms with Gasteiger partial charge in [0.25, 0.3) is 0 Å². The molecule has 0 aromatic heterocycles. The molecule has 0 bridgehead atoms. The van der Waals surface area contributed by atoms with Crippen LogP contribution in [-0.2, 0) is 23.1 Å². The van der Waals surface area contributed by atoms with Gasteiger partial charge in [0.1, 0.15) is 0 Å². The fraction of sp³-hybridized carbons (Fsp3) is 0.588. The summed E-state index contributed by atoms with van der Waals surface area (Å²) in [5.41, 5.74) is 0.152. The highest BCUT2D eigenvalue weighted by Crippen LogP contribution is 2.56. The molecule has 1 rings (SSSR count). The summed E-state index contributed by atoms with van der Waals surface area (Å²) in [5, 5.41) is 0. The standard InChI is InChI=1S/C17H27O5P/c1-5-20-17(18)16(23(19,21-6-2)22-7-3)13-14(4)15-11-9-8-10-12-15/h8-12,14,16H,5-7,13H2,1-4H3. The average Bonchev–Trinajstić information content (AvgIpc) is 2.53. The minimum Gasteiger partial charge on any atom is -0.465 e. The Balaban J connectivity index is 3.04. The molecule has 0 saturated carbocycles. The molecule has 0 radical (unpaired) electrons. The molecule has 6 heteroatoms. The number of carbonyl (C=O) groups excluding carboxylic acids is 1. The summed E-state index contributed by atoms with van der Waals surface area (Å²) in [5.74, 6) is -0.500. The number of benzene rings is 1. The number of esters is 1. The average molecular weight is 342 g/mol. The van der Waals surface area contributed by atoms with Crippen LogP contribution in [0.1, 0.15) is 45.6 Å². The van der Waals surface area contributed by atoms with Crippen molar-refractivity contribution in [2.24, 2.45) is 0 Å². The fourth-order valence-corrected chi connectivity index (χ4v) is 4.48. The van der Waals surface area contributed by atoms with Crippen molar-refractivity contribution >= 4 is 13.6 Å². The van der Waals surface area contributed by atoms with Crippen molar-refractivity contribution in [2.45, 2.75) is 45.7 Å². The second-order valence-corrected chi connectivity index (χ2v) is 7.41. The molecular formula is C17H27O5P. The summed E-state index contributed by atoms with van der Waals surface area (Å²) in [4.78, 5) is 12.4. The maximum Gasteiger partial charge on any atom is 0.344 e. The van der Waals surface area contributed by atoms with E-state index in [0.29, 0.717) is 6.42 Å². The first kappa shape index (κ1) is 19.9. The lowest BCUT2D eigenvalue weighted by molar-refractivity contribution is -0.143. The Bertz CT molecular complexity index is 507. The zero-order valence-corrected chi connectivity index (χ0v) is 15.3. The first-order valence-corrected chi connectivity index (χ1v) is 9.70. The van der Waals surface area contributed by atoms with Gasteiger partial charge in [0.2, 0.25) is 0 Å². The Labute approximate surface area is 138 Å². The molecule has 0 spiro atoms. The van der Waals surface area contributed by atoms with E-state index >= 15 is 0 Å². The third-order valence-corrected chi connectivity index (χ3v) is 5.93. The summed E-state index contributed by atoms with van der Waals surface area (Å²) < 4.78 is 28.9. The van der Waals surface area contributed by atoms with E-state index in [0.717, 1.165) is 5.56 Å². The molecule has 130 valence electrons. The van der Waals surface area contributed by atoms with Gasteiger partial charge in [-0.1, -0.05) is 37.3 Å². The highest BCUT2D eigenvalue weighted by Gasteiger charge is 2.43. The maximum absolute atomic E-state index is 13.1. The lowest BCUT2D eigenvalue weighted by Gasteiger charge is -2.27. The normalized spacial score (nSPS) is 14.3. The Morgan fingerprint density at radius 1 is 1.04 bits per heavy atom. The van der Waals surface area contributed by atoms with Crippen molar-refractivity contribution < 1.29 is 23.1 Å². The summed E-state index contributed by atoms with van der Waals surface area (Å²) in [6.45, 7) is 7.84. The van der Waals surface area contributed by atoms with Gasteiger partial charge in [-0.25, -0.2) is 0 Å². The van der Waals surface area contributed by atoms with E-state index < -0.39 is 19.2 Å². The summed E-state index contributed by atoms with van der Waals surface area (Å²) in [6.07, 6.45) is 0.347. The van der Waals surface area contributed by atoms with Crippen molar-refractivity contribution in [3.8, 4) is 0 Å². The van der Waals surface area contributed by atoms with Crippen LogP contribution in [0.2, 0.25) is 0 Å². The topological polar surface area (TPSA) is 61.8 Å². The van der Waals surface area contributed by atoms with Crippen LogP contribution in [0.15, 0.2) is 30.3 Å². The number of hydrogen-bond acceptors (Lipinski definition) is 5. The molecule has 0 aliphatic rings. The molecule has 0 amide bonds. The third kappa shape index (κ3) is 5.76. The minimum atomic E-state index is -3.56. The molecule has 0 aliphatic heterocycles. The second-order valence-electron chi connectivity index (χ2n) is 5.19. The van der Waals surface area contributed by atoms with Gasteiger partial charge in [-0.3, -0.25) is 9.36 Å². The molecule has 2 atom stereocenters. The van der Waals surface area contributed by atoms with Crippen molar-refractivity contribution in [2.75, 3.05) is 19.8 Å². The fourth-order valence-electron chi connectivity index (χ4n) is 2.42. The zero-order valence-electron chi connectivity index (χ0n) is 14.4. The van der Waals surface area contributed by atoms with E-state index in [-0.39, 0.29) is 25.7 Å². The van der Waals surface area contributed by atoms with E-state index in [9.17, 15) is 9.36 Å². The highest BCUT2D eigenvalue weighted by atomic mass is 31.2. The molecule has 5 nitrogen and oxygen atoms in total. The smallest absolute Gasteiger partial charge is 0.344 e. The molecule has 0 saturated heterocycles. The van der Waals surface area contributed by atoms with E-state index in [1.54, 1.807) is 20.8 Å². The van der Waals surface area contributed by atoms with Gasteiger partial charge in [-0.05, 0) is 38.7 Å². The van der Waals surface area contributed by atoms with Crippen molar-refractivity contribution in [3.05, 3.63) is 35.9 Å². The molecule has 1 aromatic carbocycles. The molecule has 0 fully saturated rings. The van der Waals surface area contributed by atoms with Crippen LogP contribution < -0.4 is 0 Å². The molecule has 0 heterocycles. The third-order valence-electron chi connectivity index (χ3n) is 3.50. The van der Waals surface area contributed by atoms with Gasteiger partial charge < -0.3 is 13.8 Å². The molecular weight excluding hydrogens is 315 g/mol. The van der Waals surface area contributed by atoms with Crippen LogP contribution in [0, 0.1) is 0 Å². The van der Waals surface area contributed by atoms with Crippen LogP contribution in [0.4, 0.5) is 0 Å². The van der Waals surface area contributed by atoms with Crippen molar-refractivity contribution in [3.63, 3.8) is 0 Å². The van der Waals surface area contributed by atoms with E-state index in [1.165, 1.54) is 0 Å². The van der Waals surface area contributed by atoms with Gasteiger partial charge in [0.15, 0.2) is 5.66 Å². The monoisotopic (exact) mass is 342 g/mol. The van der Waals surface area contributed by atoms with Crippen LogP contribution in [0.3, 0.4) is 0 Å². The summed E-state index contributed by atoms with van der Waals surface area (Å²) in [6, 6.07) is 9.79. The molecule has 2 unspecified atom stereocenters. The van der Waals surface area contributed by atoms with Gasteiger partial charge in [-0.2, -0.15) is 0 Å². The number of carbonyl (C=O) groups is 1. The Hall–Kier alpha value is -1.16. The molecule has 23 heavy (non-hydrogen) atoms. The first-order valence-electron chi connectivity index (χ1n) is 8.08. The predicted octanol–water partition coefficient (Wildman–Crippen LogP) is 4.38. The number of hydrogen-bond donors (Lipinski definition) is 0. The zero-order chi connectivity index (χ0) is 17.3. The largest absolute Gasteiger partial charge is 0.465 e. The molecule has 0 aliphatic carbocycles. The van der Waals surface area contributed by atoms with Crippen molar-refractivity contribution in [1.82, 2.24) is 0 Å². The highest BCUT2D eigenvalue weighted by molar-refractivity contribution is 7.55. The van der Waals surface area contributed by atoms with Gasteiger partial charge in [0.05, 0.1) is 19.8 Å². The summed E-state index contributed by atoms with van der Waals surface area (Å²) in [7, 11) is -3.56. The Kier molecular flexibility index (Phi) is 8.53. The van der Waals surface area contributed by atoms with E-state index in [1.807, 2.05) is 37.3 Å². The van der Waals surface area contributed by atoms with Crippen LogP contribution in [0.5, 0.6) is 0 Å². The van der Waals surface area contributed by atoms with Crippen LogP contribution in [-0.4, -0.2) is 31.4 Å². The van der Waals surface area contributed by atoms with Gasteiger partial charge in [-0.15, -0.1) is 0 Å². The lowest BCUT2D eigenvalue weighted by Crippen LogP contribution is -2.27. The predicted molar refractivity (Wildman–Crippen MR) is 90.8 cm³/mol. The molecule has 1 aromatic rings. The maximum atomic E-state index is 13.1. The van der Waals surface area contributed by atoms with Crippen LogP contribution >= 0.6 is 7.60 Å². The minimum absolute atomic E-state index is 0.0276. The Morgan fingerprint density at radius 2 is 1.61 bits per heavy atom.